The molecule has 34 heavy (non-hydrogen) atoms. The lowest BCUT2D eigenvalue weighted by atomic mass is 9.93. The van der Waals surface area contributed by atoms with Crippen LogP contribution in [0.25, 0.3) is 5.57 Å². The molecule has 4 rings (SSSR count). The van der Waals surface area contributed by atoms with Crippen LogP contribution in [0.15, 0.2) is 72.5 Å². The summed E-state index contributed by atoms with van der Waals surface area (Å²) in [6.45, 7) is 4.67. The van der Waals surface area contributed by atoms with Crippen LogP contribution < -0.4 is 9.64 Å². The number of rotatable bonds is 8. The minimum Gasteiger partial charge on any atom is -0.503 e. The van der Waals surface area contributed by atoms with Crippen LogP contribution >= 0.6 is 11.6 Å². The van der Waals surface area contributed by atoms with E-state index in [1.807, 2.05) is 37.3 Å². The van der Waals surface area contributed by atoms with E-state index in [0.29, 0.717) is 28.5 Å². The number of hydrogen-bond donors (Lipinski definition) is 1. The smallest absolute Gasteiger partial charge is 0.294 e. The summed E-state index contributed by atoms with van der Waals surface area (Å²) in [6.07, 6.45) is 3.23. The first-order valence-electron chi connectivity index (χ1n) is 11.4. The summed E-state index contributed by atoms with van der Waals surface area (Å²) >= 11 is 6.36. The van der Waals surface area contributed by atoms with Crippen molar-refractivity contribution >= 4 is 28.8 Å². The molecule has 0 spiro atoms. The van der Waals surface area contributed by atoms with Gasteiger partial charge in [0.15, 0.2) is 5.76 Å². The maximum atomic E-state index is 13.6. The van der Waals surface area contributed by atoms with E-state index in [9.17, 15) is 14.3 Å². The Morgan fingerprint density at radius 1 is 1.03 bits per heavy atom. The molecule has 6 heteroatoms. The molecule has 3 aromatic rings. The number of carbonyl (C=O) groups excluding carboxylic acids is 1. The van der Waals surface area contributed by atoms with Crippen LogP contribution in [-0.4, -0.2) is 17.6 Å². The zero-order valence-corrected chi connectivity index (χ0v) is 20.0. The highest BCUT2D eigenvalue weighted by Crippen LogP contribution is 2.46. The fourth-order valence-electron chi connectivity index (χ4n) is 4.13. The van der Waals surface area contributed by atoms with Gasteiger partial charge in [0, 0.05) is 16.3 Å². The van der Waals surface area contributed by atoms with Crippen molar-refractivity contribution in [2.75, 3.05) is 11.5 Å². The van der Waals surface area contributed by atoms with Gasteiger partial charge >= 0.3 is 0 Å². The highest BCUT2D eigenvalue weighted by Gasteiger charge is 2.42. The van der Waals surface area contributed by atoms with Crippen molar-refractivity contribution < 1.29 is 19.0 Å². The number of aliphatic hydroxyl groups excluding tert-OH is 1. The molecule has 1 N–H and O–H groups in total. The van der Waals surface area contributed by atoms with Gasteiger partial charge in [-0.3, -0.25) is 9.69 Å². The third-order valence-corrected chi connectivity index (χ3v) is 6.42. The molecule has 0 saturated carbocycles. The quantitative estimate of drug-likeness (QED) is 0.342. The second-order valence-corrected chi connectivity index (χ2v) is 8.81. The van der Waals surface area contributed by atoms with Gasteiger partial charge in [0.05, 0.1) is 12.6 Å². The SMILES string of the molecule is CCCCCOc1ccc(C2C(c3ccc(F)cc3)=C(O)C(=O)N2c2ccc(C)c(Cl)c2)cc1. The normalized spacial score (nSPS) is 15.8. The molecule has 3 aromatic carbocycles. The number of ether oxygens (including phenoxy) is 1. The molecule has 176 valence electrons. The van der Waals surface area contributed by atoms with E-state index in [4.69, 9.17) is 16.3 Å². The Balaban J connectivity index is 1.75. The maximum absolute atomic E-state index is 13.6. The Kier molecular flexibility index (Phi) is 7.23. The van der Waals surface area contributed by atoms with E-state index in [-0.39, 0.29) is 5.76 Å². The molecule has 0 fully saturated rings. The first-order chi connectivity index (χ1) is 16.4. The summed E-state index contributed by atoms with van der Waals surface area (Å²) in [5.41, 5.74) is 3.22. The maximum Gasteiger partial charge on any atom is 0.294 e. The summed E-state index contributed by atoms with van der Waals surface area (Å²) in [6, 6.07) is 18.0. The Labute approximate surface area is 204 Å². The van der Waals surface area contributed by atoms with Crippen LogP contribution in [0.5, 0.6) is 5.75 Å². The highest BCUT2D eigenvalue weighted by atomic mass is 35.5. The predicted octanol–water partition coefficient (Wildman–Crippen LogP) is 7.41. The first kappa shape index (κ1) is 23.8. The molecule has 4 nitrogen and oxygen atoms in total. The van der Waals surface area contributed by atoms with Gasteiger partial charge in [-0.15, -0.1) is 0 Å². The van der Waals surface area contributed by atoms with Gasteiger partial charge in [-0.05, 0) is 66.4 Å². The first-order valence-corrected chi connectivity index (χ1v) is 11.8. The predicted molar refractivity (Wildman–Crippen MR) is 134 cm³/mol. The topological polar surface area (TPSA) is 49.8 Å². The number of halogens is 2. The van der Waals surface area contributed by atoms with Crippen molar-refractivity contribution in [3.8, 4) is 5.75 Å². The van der Waals surface area contributed by atoms with Crippen molar-refractivity contribution in [2.45, 2.75) is 39.2 Å². The Morgan fingerprint density at radius 3 is 2.38 bits per heavy atom. The zero-order chi connectivity index (χ0) is 24.2. The van der Waals surface area contributed by atoms with Crippen molar-refractivity contribution in [1.82, 2.24) is 0 Å². The van der Waals surface area contributed by atoms with Crippen LogP contribution in [0.1, 0.15) is 48.9 Å². The molecule has 1 amide bonds. The van der Waals surface area contributed by atoms with Gasteiger partial charge in [-0.2, -0.15) is 0 Å². The minimum absolute atomic E-state index is 0.367. The van der Waals surface area contributed by atoms with E-state index in [1.165, 1.54) is 17.0 Å². The highest BCUT2D eigenvalue weighted by molar-refractivity contribution is 6.31. The standard InChI is InChI=1S/C28H27ClFNO3/c1-3-4-5-16-34-23-14-9-20(10-15-23)26-25(19-7-11-21(30)12-8-19)27(32)28(33)31(26)22-13-6-18(2)24(29)17-22/h6-15,17,26,32H,3-5,16H2,1-2H3. The van der Waals surface area contributed by atoms with E-state index < -0.39 is 17.8 Å². The van der Waals surface area contributed by atoms with Crippen LogP contribution in [-0.2, 0) is 4.79 Å². The van der Waals surface area contributed by atoms with E-state index in [0.717, 1.165) is 36.1 Å². The molecule has 1 aliphatic rings. The molecule has 1 unspecified atom stereocenters. The second-order valence-electron chi connectivity index (χ2n) is 8.40. The fraction of sp³-hybridized carbons (Fsp3) is 0.250. The number of aliphatic hydroxyl groups is 1. The molecule has 1 aliphatic heterocycles. The summed E-state index contributed by atoms with van der Waals surface area (Å²) in [7, 11) is 0. The lowest BCUT2D eigenvalue weighted by Crippen LogP contribution is -2.30. The third-order valence-electron chi connectivity index (χ3n) is 6.01. The molecule has 0 bridgehead atoms. The fourth-order valence-corrected chi connectivity index (χ4v) is 4.31. The second kappa shape index (κ2) is 10.3. The molecule has 1 heterocycles. The van der Waals surface area contributed by atoms with Crippen LogP contribution in [0.4, 0.5) is 10.1 Å². The number of nitrogens with zero attached hydrogens (tertiary/aromatic N) is 1. The molecule has 1 atom stereocenters. The zero-order valence-electron chi connectivity index (χ0n) is 19.2. The average molecular weight is 480 g/mol. The van der Waals surface area contributed by atoms with Gasteiger partial charge < -0.3 is 9.84 Å². The molecule has 0 aromatic heterocycles. The van der Waals surface area contributed by atoms with Gasteiger partial charge in [0.2, 0.25) is 0 Å². The molecule has 0 radical (unpaired) electrons. The molecular formula is C28H27ClFNO3. The number of anilines is 1. The number of unbranched alkanes of at least 4 members (excludes halogenated alkanes) is 2. The number of amides is 1. The van der Waals surface area contributed by atoms with Crippen molar-refractivity contribution in [3.63, 3.8) is 0 Å². The Hall–Kier alpha value is -3.31. The van der Waals surface area contributed by atoms with Crippen molar-refractivity contribution in [1.29, 1.82) is 0 Å². The van der Waals surface area contributed by atoms with Gasteiger partial charge in [0.1, 0.15) is 11.6 Å². The van der Waals surface area contributed by atoms with Crippen LogP contribution in [0.2, 0.25) is 5.02 Å². The molecule has 0 saturated heterocycles. The molecular weight excluding hydrogens is 453 g/mol. The van der Waals surface area contributed by atoms with Crippen LogP contribution in [0.3, 0.4) is 0 Å². The number of hydrogen-bond acceptors (Lipinski definition) is 3. The summed E-state index contributed by atoms with van der Waals surface area (Å²) in [5.74, 6) is -0.556. The van der Waals surface area contributed by atoms with E-state index in [1.54, 1.807) is 24.3 Å². The summed E-state index contributed by atoms with van der Waals surface area (Å²) < 4.78 is 19.4. The number of benzene rings is 3. The van der Waals surface area contributed by atoms with Gasteiger partial charge in [-0.1, -0.05) is 61.7 Å². The largest absolute Gasteiger partial charge is 0.503 e. The average Bonchev–Trinajstić information content (AvgIpc) is 3.10. The van der Waals surface area contributed by atoms with Gasteiger partial charge in [0.25, 0.3) is 5.91 Å². The third kappa shape index (κ3) is 4.80. The van der Waals surface area contributed by atoms with E-state index >= 15 is 0 Å². The summed E-state index contributed by atoms with van der Waals surface area (Å²) in [5, 5.41) is 11.4. The number of aryl methyl sites for hydroxylation is 1. The minimum atomic E-state index is -0.620. The summed E-state index contributed by atoms with van der Waals surface area (Å²) in [4.78, 5) is 14.8. The van der Waals surface area contributed by atoms with Gasteiger partial charge in [-0.25, -0.2) is 4.39 Å². The Morgan fingerprint density at radius 2 is 1.74 bits per heavy atom. The van der Waals surface area contributed by atoms with E-state index in [2.05, 4.69) is 6.92 Å². The van der Waals surface area contributed by atoms with Crippen LogP contribution in [0, 0.1) is 12.7 Å². The molecule has 0 aliphatic carbocycles. The van der Waals surface area contributed by atoms with Crippen molar-refractivity contribution in [3.05, 3.63) is 100 Å². The lowest BCUT2D eigenvalue weighted by Gasteiger charge is -2.28. The lowest BCUT2D eigenvalue weighted by molar-refractivity contribution is -0.117. The Bertz CT molecular complexity index is 1210. The monoisotopic (exact) mass is 479 g/mol. The number of carbonyl (C=O) groups is 1. The van der Waals surface area contributed by atoms with Crippen molar-refractivity contribution in [2.24, 2.45) is 0 Å².